The Bertz CT molecular complexity index is 938. The molecule has 0 amide bonds. The van der Waals surface area contributed by atoms with Crippen LogP contribution in [0, 0.1) is 9.85 Å². The van der Waals surface area contributed by atoms with Gasteiger partial charge in [-0.05, 0) is 73.1 Å². The molecule has 6 heteroatoms. The molecule has 5 nitrogen and oxygen atoms in total. The van der Waals surface area contributed by atoms with Crippen molar-refractivity contribution in [1.29, 1.82) is 0 Å². The maximum Gasteiger partial charge on any atom is 0.152 e. The molecule has 1 fully saturated rings. The van der Waals surface area contributed by atoms with Gasteiger partial charge in [0.05, 0.1) is 5.60 Å². The first-order chi connectivity index (χ1) is 13.0. The summed E-state index contributed by atoms with van der Waals surface area (Å²) in [6, 6.07) is 5.70. The second kappa shape index (κ2) is 7.28. The maximum atomic E-state index is 10.5. The van der Waals surface area contributed by atoms with Crippen LogP contribution in [0.15, 0.2) is 18.2 Å². The summed E-state index contributed by atoms with van der Waals surface area (Å²) in [6.07, 6.45) is 5.60. The molecule has 1 saturated carbocycles. The average molecular weight is 475 g/mol. The van der Waals surface area contributed by atoms with E-state index in [2.05, 4.69) is 25.4 Å². The third-order valence-corrected chi connectivity index (χ3v) is 5.72. The number of fused-ring (bicyclic) bond motifs is 1. The van der Waals surface area contributed by atoms with E-state index < -0.39 is 5.60 Å². The third-order valence-electron chi connectivity index (χ3n) is 5.45. The minimum atomic E-state index is -0.570. The average Bonchev–Trinajstić information content (AvgIpc) is 2.61. The standard InChI is InChI=1S/C21H22IN3O2/c1-21(27)11-14(12-21)23-20-16-5-3-2-4-15(16)19(24-25-20)17-7-6-13(8-9-22)10-18(17)26/h6-7,10,14,26-27H,2-5,11-12H2,1H3,(H,23,25). The number of halogens is 1. The lowest BCUT2D eigenvalue weighted by molar-refractivity contribution is -0.0235. The molecule has 2 aliphatic rings. The van der Waals surface area contributed by atoms with Gasteiger partial charge in [-0.1, -0.05) is 5.92 Å². The zero-order valence-corrected chi connectivity index (χ0v) is 17.4. The van der Waals surface area contributed by atoms with E-state index in [0.717, 1.165) is 55.6 Å². The summed E-state index contributed by atoms with van der Waals surface area (Å²) in [5.41, 5.74) is 4.06. The first-order valence-corrected chi connectivity index (χ1v) is 10.4. The molecular formula is C21H22IN3O2. The van der Waals surface area contributed by atoms with Gasteiger partial charge in [0.2, 0.25) is 0 Å². The van der Waals surface area contributed by atoms with Crippen LogP contribution in [0.2, 0.25) is 0 Å². The molecule has 0 radical (unpaired) electrons. The predicted octanol–water partition coefficient (Wildman–Crippen LogP) is 3.80. The second-order valence-electron chi connectivity index (χ2n) is 7.76. The number of anilines is 1. The van der Waals surface area contributed by atoms with Gasteiger partial charge in [-0.25, -0.2) is 0 Å². The molecule has 140 valence electrons. The lowest BCUT2D eigenvalue weighted by Crippen LogP contribution is -2.48. The monoisotopic (exact) mass is 475 g/mol. The number of hydrogen-bond acceptors (Lipinski definition) is 5. The zero-order valence-electron chi connectivity index (χ0n) is 15.2. The molecule has 0 atom stereocenters. The van der Waals surface area contributed by atoms with Crippen molar-refractivity contribution in [2.75, 3.05) is 5.32 Å². The molecule has 0 bridgehead atoms. The zero-order chi connectivity index (χ0) is 19.0. The minimum Gasteiger partial charge on any atom is -0.507 e. The molecule has 4 rings (SSSR count). The first-order valence-electron chi connectivity index (χ1n) is 9.29. The van der Waals surface area contributed by atoms with Crippen molar-refractivity contribution < 1.29 is 10.2 Å². The van der Waals surface area contributed by atoms with Gasteiger partial charge in [0.1, 0.15) is 11.4 Å². The molecular weight excluding hydrogens is 453 g/mol. The van der Waals surface area contributed by atoms with E-state index in [1.54, 1.807) is 6.07 Å². The Labute approximate surface area is 172 Å². The highest BCUT2D eigenvalue weighted by Crippen LogP contribution is 2.39. The van der Waals surface area contributed by atoms with E-state index >= 15 is 0 Å². The van der Waals surface area contributed by atoms with Gasteiger partial charge in [-0.2, -0.15) is 0 Å². The molecule has 0 saturated heterocycles. The van der Waals surface area contributed by atoms with Crippen LogP contribution in [0.4, 0.5) is 5.82 Å². The molecule has 1 heterocycles. The smallest absolute Gasteiger partial charge is 0.152 e. The lowest BCUT2D eigenvalue weighted by Gasteiger charge is -2.41. The molecule has 0 aliphatic heterocycles. The fourth-order valence-corrected chi connectivity index (χ4v) is 4.45. The molecule has 0 unspecified atom stereocenters. The quantitative estimate of drug-likeness (QED) is 0.465. The van der Waals surface area contributed by atoms with E-state index in [9.17, 15) is 10.2 Å². The van der Waals surface area contributed by atoms with Crippen molar-refractivity contribution in [3.8, 4) is 26.9 Å². The summed E-state index contributed by atoms with van der Waals surface area (Å²) >= 11 is 1.99. The second-order valence-corrected chi connectivity index (χ2v) is 8.30. The van der Waals surface area contributed by atoms with Gasteiger partial charge in [0.15, 0.2) is 5.82 Å². The summed E-state index contributed by atoms with van der Waals surface area (Å²) < 4.78 is 2.82. The number of rotatable bonds is 3. The van der Waals surface area contributed by atoms with E-state index in [-0.39, 0.29) is 11.8 Å². The largest absolute Gasteiger partial charge is 0.507 e. The Kier molecular flexibility index (Phi) is 4.99. The Hall–Kier alpha value is -1.85. The third kappa shape index (κ3) is 3.76. The molecule has 2 aliphatic carbocycles. The Balaban J connectivity index is 1.69. The first kappa shape index (κ1) is 18.5. The molecule has 0 spiro atoms. The maximum absolute atomic E-state index is 10.5. The Morgan fingerprint density at radius 3 is 2.59 bits per heavy atom. The van der Waals surface area contributed by atoms with Gasteiger partial charge in [0.25, 0.3) is 0 Å². The van der Waals surface area contributed by atoms with Crippen LogP contribution >= 0.6 is 22.6 Å². The summed E-state index contributed by atoms with van der Waals surface area (Å²) in [5.74, 6) is 3.97. The molecule has 1 aromatic carbocycles. The highest BCUT2D eigenvalue weighted by atomic mass is 127. The van der Waals surface area contributed by atoms with Gasteiger partial charge in [-0.3, -0.25) is 0 Å². The normalized spacial score (nSPS) is 23.6. The van der Waals surface area contributed by atoms with E-state index in [1.165, 1.54) is 11.1 Å². The number of aliphatic hydroxyl groups is 1. The highest BCUT2D eigenvalue weighted by molar-refractivity contribution is 14.1. The summed E-state index contributed by atoms with van der Waals surface area (Å²) in [6.45, 7) is 1.87. The summed E-state index contributed by atoms with van der Waals surface area (Å²) in [5, 5.41) is 32.9. The number of phenols is 1. The van der Waals surface area contributed by atoms with Crippen molar-refractivity contribution in [3.05, 3.63) is 34.9 Å². The lowest BCUT2D eigenvalue weighted by atomic mass is 9.77. The van der Waals surface area contributed by atoms with Gasteiger partial charge < -0.3 is 15.5 Å². The molecule has 27 heavy (non-hydrogen) atoms. The number of phenolic OH excluding ortho intramolecular Hbond substituents is 1. The predicted molar refractivity (Wildman–Crippen MR) is 114 cm³/mol. The SMILES string of the molecule is CC1(O)CC(Nc2nnc(-c3ccc(C#CI)cc3O)c3c2CCCC3)C1. The fraction of sp³-hybridized carbons (Fsp3) is 0.429. The van der Waals surface area contributed by atoms with E-state index in [4.69, 9.17) is 0 Å². The van der Waals surface area contributed by atoms with E-state index in [1.807, 2.05) is 41.6 Å². The number of aromatic nitrogens is 2. The van der Waals surface area contributed by atoms with Crippen LogP contribution in [0.3, 0.4) is 0 Å². The highest BCUT2D eigenvalue weighted by Gasteiger charge is 2.39. The fourth-order valence-electron chi connectivity index (χ4n) is 4.14. The number of hydrogen-bond donors (Lipinski definition) is 3. The molecule has 2 aromatic rings. The van der Waals surface area contributed by atoms with Crippen LogP contribution in [-0.4, -0.2) is 32.1 Å². The van der Waals surface area contributed by atoms with Gasteiger partial charge in [0, 0.05) is 45.3 Å². The Morgan fingerprint density at radius 2 is 1.93 bits per heavy atom. The van der Waals surface area contributed by atoms with Gasteiger partial charge in [-0.15, -0.1) is 10.2 Å². The van der Waals surface area contributed by atoms with Crippen molar-refractivity contribution in [3.63, 3.8) is 0 Å². The van der Waals surface area contributed by atoms with Crippen molar-refractivity contribution in [2.24, 2.45) is 0 Å². The number of benzene rings is 1. The summed E-state index contributed by atoms with van der Waals surface area (Å²) in [7, 11) is 0. The summed E-state index contributed by atoms with van der Waals surface area (Å²) in [4.78, 5) is 0. The minimum absolute atomic E-state index is 0.185. The number of nitrogens with zero attached hydrogens (tertiary/aromatic N) is 2. The van der Waals surface area contributed by atoms with Crippen LogP contribution in [0.5, 0.6) is 5.75 Å². The molecule has 1 aromatic heterocycles. The van der Waals surface area contributed by atoms with Crippen LogP contribution < -0.4 is 5.32 Å². The van der Waals surface area contributed by atoms with Crippen molar-refractivity contribution in [1.82, 2.24) is 10.2 Å². The van der Waals surface area contributed by atoms with Crippen LogP contribution in [0.25, 0.3) is 11.3 Å². The van der Waals surface area contributed by atoms with E-state index in [0.29, 0.717) is 5.56 Å². The van der Waals surface area contributed by atoms with Gasteiger partial charge >= 0.3 is 0 Å². The number of nitrogens with one attached hydrogen (secondary N) is 1. The molecule has 3 N–H and O–H groups in total. The Morgan fingerprint density at radius 1 is 1.19 bits per heavy atom. The topological polar surface area (TPSA) is 78.3 Å². The van der Waals surface area contributed by atoms with Crippen LogP contribution in [0.1, 0.15) is 49.3 Å². The number of aromatic hydroxyl groups is 1. The van der Waals surface area contributed by atoms with Crippen molar-refractivity contribution >= 4 is 28.4 Å². The van der Waals surface area contributed by atoms with Crippen LogP contribution in [-0.2, 0) is 12.8 Å². The van der Waals surface area contributed by atoms with Crippen molar-refractivity contribution in [2.45, 2.75) is 57.1 Å².